The molecule has 3 rings (SSSR count). The fourth-order valence-electron chi connectivity index (χ4n) is 2.62. The van der Waals surface area contributed by atoms with Crippen molar-refractivity contribution in [1.82, 2.24) is 10.3 Å². The van der Waals surface area contributed by atoms with Gasteiger partial charge in [0.2, 0.25) is 5.91 Å². The first-order chi connectivity index (χ1) is 12.0. The summed E-state index contributed by atoms with van der Waals surface area (Å²) in [5, 5.41) is 13.5. The summed E-state index contributed by atoms with van der Waals surface area (Å²) in [4.78, 5) is 40.6. The van der Waals surface area contributed by atoms with Crippen LogP contribution in [0.3, 0.4) is 0 Å². The molecule has 0 aliphatic carbocycles. The van der Waals surface area contributed by atoms with Crippen LogP contribution < -0.4 is 10.2 Å². The van der Waals surface area contributed by atoms with Gasteiger partial charge in [-0.15, -0.1) is 11.3 Å². The molecule has 1 aliphatic rings. The average molecular weight is 359 g/mol. The van der Waals surface area contributed by atoms with Crippen LogP contribution in [-0.2, 0) is 11.3 Å². The van der Waals surface area contributed by atoms with Crippen LogP contribution in [0.1, 0.15) is 45.1 Å². The Morgan fingerprint density at radius 3 is 2.64 bits per heavy atom. The number of benzene rings is 1. The minimum atomic E-state index is -1.09. The lowest BCUT2D eigenvalue weighted by Gasteiger charge is -2.26. The van der Waals surface area contributed by atoms with E-state index in [0.29, 0.717) is 23.5 Å². The van der Waals surface area contributed by atoms with Gasteiger partial charge in [-0.1, -0.05) is 0 Å². The normalized spacial score (nSPS) is 14.4. The molecule has 1 aliphatic heterocycles. The maximum Gasteiger partial charge on any atom is 0.355 e. The van der Waals surface area contributed by atoms with Crippen LogP contribution in [-0.4, -0.2) is 34.4 Å². The number of carboxylic acid groups (broad SMARTS) is 1. The Labute approximate surface area is 148 Å². The van der Waals surface area contributed by atoms with E-state index in [-0.39, 0.29) is 24.1 Å². The summed E-state index contributed by atoms with van der Waals surface area (Å²) < 4.78 is 0. The third-order valence-electron chi connectivity index (χ3n) is 3.94. The number of piperidine rings is 1. The number of aromatic carboxylic acids is 1. The highest BCUT2D eigenvalue weighted by Gasteiger charge is 2.19. The van der Waals surface area contributed by atoms with Crippen LogP contribution >= 0.6 is 11.3 Å². The number of amides is 2. The van der Waals surface area contributed by atoms with E-state index in [4.69, 9.17) is 5.11 Å². The summed E-state index contributed by atoms with van der Waals surface area (Å²) in [5.74, 6) is -1.25. The maximum absolute atomic E-state index is 12.2. The third-order valence-corrected chi connectivity index (χ3v) is 4.78. The average Bonchev–Trinajstić information content (AvgIpc) is 3.10. The molecule has 7 nitrogen and oxygen atoms in total. The second-order valence-electron chi connectivity index (χ2n) is 5.66. The second kappa shape index (κ2) is 7.43. The fourth-order valence-corrected chi connectivity index (χ4v) is 3.33. The summed E-state index contributed by atoms with van der Waals surface area (Å²) in [6, 6.07) is 6.89. The topological polar surface area (TPSA) is 99.6 Å². The van der Waals surface area contributed by atoms with E-state index in [2.05, 4.69) is 10.3 Å². The van der Waals surface area contributed by atoms with Gasteiger partial charge in [0.05, 0.1) is 6.54 Å². The van der Waals surface area contributed by atoms with E-state index in [0.717, 1.165) is 18.5 Å². The quantitative estimate of drug-likeness (QED) is 0.853. The maximum atomic E-state index is 12.2. The van der Waals surface area contributed by atoms with Crippen LogP contribution in [0.15, 0.2) is 29.6 Å². The fraction of sp³-hybridized carbons (Fsp3) is 0.294. The predicted octanol–water partition coefficient (Wildman–Crippen LogP) is 2.29. The van der Waals surface area contributed by atoms with Crippen molar-refractivity contribution in [1.29, 1.82) is 0 Å². The van der Waals surface area contributed by atoms with Crippen molar-refractivity contribution in [2.24, 2.45) is 0 Å². The highest BCUT2D eigenvalue weighted by Crippen LogP contribution is 2.21. The minimum Gasteiger partial charge on any atom is -0.476 e. The molecule has 0 radical (unpaired) electrons. The van der Waals surface area contributed by atoms with Crippen molar-refractivity contribution in [3.05, 3.63) is 45.9 Å². The lowest BCUT2D eigenvalue weighted by Crippen LogP contribution is -2.35. The number of thiazole rings is 1. The lowest BCUT2D eigenvalue weighted by atomic mass is 10.1. The zero-order valence-corrected chi connectivity index (χ0v) is 14.2. The van der Waals surface area contributed by atoms with Gasteiger partial charge >= 0.3 is 5.97 Å². The molecule has 2 aromatic rings. The number of nitrogens with zero attached hydrogens (tertiary/aromatic N) is 2. The number of rotatable bonds is 5. The Balaban J connectivity index is 1.60. The Bertz CT molecular complexity index is 800. The van der Waals surface area contributed by atoms with Gasteiger partial charge in [0.1, 0.15) is 5.01 Å². The Kier molecular flexibility index (Phi) is 5.08. The molecular weight excluding hydrogens is 342 g/mol. The summed E-state index contributed by atoms with van der Waals surface area (Å²) in [6.07, 6.45) is 2.48. The first-order valence-corrected chi connectivity index (χ1v) is 8.79. The van der Waals surface area contributed by atoms with Gasteiger partial charge in [-0.05, 0) is 37.1 Å². The zero-order valence-electron chi connectivity index (χ0n) is 13.4. The van der Waals surface area contributed by atoms with E-state index in [1.165, 1.54) is 16.7 Å². The number of carbonyl (C=O) groups excluding carboxylic acids is 2. The lowest BCUT2D eigenvalue weighted by molar-refractivity contribution is -0.119. The molecule has 1 aromatic heterocycles. The minimum absolute atomic E-state index is 0.0233. The van der Waals surface area contributed by atoms with Crippen molar-refractivity contribution >= 4 is 34.8 Å². The molecule has 1 saturated heterocycles. The van der Waals surface area contributed by atoms with Crippen LogP contribution in [0.4, 0.5) is 5.69 Å². The number of hydrogen-bond acceptors (Lipinski definition) is 5. The summed E-state index contributed by atoms with van der Waals surface area (Å²) in [7, 11) is 0. The molecule has 0 saturated carbocycles. The number of carbonyl (C=O) groups is 3. The Morgan fingerprint density at radius 1 is 1.24 bits per heavy atom. The van der Waals surface area contributed by atoms with Crippen molar-refractivity contribution in [3.8, 4) is 0 Å². The predicted molar refractivity (Wildman–Crippen MR) is 92.9 cm³/mol. The van der Waals surface area contributed by atoms with E-state index in [1.54, 1.807) is 29.2 Å². The van der Waals surface area contributed by atoms with E-state index < -0.39 is 5.97 Å². The molecule has 2 heterocycles. The molecule has 130 valence electrons. The summed E-state index contributed by atoms with van der Waals surface area (Å²) in [6.45, 7) is 0.878. The molecule has 0 atom stereocenters. The number of nitrogens with one attached hydrogen (secondary N) is 1. The van der Waals surface area contributed by atoms with Gasteiger partial charge in [-0.3, -0.25) is 9.59 Å². The SMILES string of the molecule is O=C(NCc1nc(C(=O)O)cs1)c1ccc(N2CCCCC2=O)cc1. The smallest absolute Gasteiger partial charge is 0.355 e. The molecule has 2 amide bonds. The summed E-state index contributed by atoms with van der Waals surface area (Å²) in [5.41, 5.74) is 1.25. The first-order valence-electron chi connectivity index (χ1n) is 7.91. The molecule has 25 heavy (non-hydrogen) atoms. The first kappa shape index (κ1) is 17.1. The highest BCUT2D eigenvalue weighted by atomic mass is 32.1. The van der Waals surface area contributed by atoms with Crippen LogP contribution in [0.5, 0.6) is 0 Å². The van der Waals surface area contributed by atoms with Gasteiger partial charge in [-0.25, -0.2) is 9.78 Å². The summed E-state index contributed by atoms with van der Waals surface area (Å²) >= 11 is 1.19. The molecule has 0 bridgehead atoms. The van der Waals surface area contributed by atoms with E-state index in [1.807, 2.05) is 0 Å². The Morgan fingerprint density at radius 2 is 2.00 bits per heavy atom. The molecule has 1 aromatic carbocycles. The van der Waals surface area contributed by atoms with Crippen molar-refractivity contribution < 1.29 is 19.5 Å². The molecule has 8 heteroatoms. The van der Waals surface area contributed by atoms with Crippen LogP contribution in [0, 0.1) is 0 Å². The van der Waals surface area contributed by atoms with Gasteiger partial charge in [0, 0.05) is 29.6 Å². The van der Waals surface area contributed by atoms with Gasteiger partial charge in [-0.2, -0.15) is 0 Å². The number of carboxylic acids is 1. The van der Waals surface area contributed by atoms with Crippen molar-refractivity contribution in [2.75, 3.05) is 11.4 Å². The molecule has 1 fully saturated rings. The number of anilines is 1. The highest BCUT2D eigenvalue weighted by molar-refractivity contribution is 7.09. The Hall–Kier alpha value is -2.74. The number of hydrogen-bond donors (Lipinski definition) is 2. The van der Waals surface area contributed by atoms with Crippen molar-refractivity contribution in [3.63, 3.8) is 0 Å². The van der Waals surface area contributed by atoms with E-state index >= 15 is 0 Å². The molecular formula is C17H17N3O4S. The zero-order chi connectivity index (χ0) is 17.8. The second-order valence-corrected chi connectivity index (χ2v) is 6.61. The van der Waals surface area contributed by atoms with Gasteiger partial charge in [0.15, 0.2) is 5.69 Å². The van der Waals surface area contributed by atoms with Crippen LogP contribution in [0.2, 0.25) is 0 Å². The number of aromatic nitrogens is 1. The molecule has 0 spiro atoms. The van der Waals surface area contributed by atoms with Gasteiger partial charge in [0.25, 0.3) is 5.91 Å². The standard InChI is InChI=1S/C17H17N3O4S/c21-15-3-1-2-8-20(15)12-6-4-11(5-7-12)16(22)18-9-14-19-13(10-25-14)17(23)24/h4-7,10H,1-3,8-9H2,(H,18,22)(H,23,24). The molecule has 2 N–H and O–H groups in total. The van der Waals surface area contributed by atoms with E-state index in [9.17, 15) is 14.4 Å². The largest absolute Gasteiger partial charge is 0.476 e. The molecule has 0 unspecified atom stereocenters. The third kappa shape index (κ3) is 4.03. The van der Waals surface area contributed by atoms with Crippen LogP contribution in [0.25, 0.3) is 0 Å². The van der Waals surface area contributed by atoms with Gasteiger partial charge < -0.3 is 15.3 Å². The monoisotopic (exact) mass is 359 g/mol. The van der Waals surface area contributed by atoms with Crippen molar-refractivity contribution in [2.45, 2.75) is 25.8 Å².